The number of rotatable bonds is 1. The fraction of sp³-hybridized carbons (Fsp3) is 0. The Labute approximate surface area is 109 Å². The van der Waals surface area contributed by atoms with Crippen LogP contribution in [-0.2, 0) is 0 Å². The normalized spacial score (nSPS) is 11.2. The molecule has 0 atom stereocenters. The lowest BCUT2D eigenvalue weighted by Gasteiger charge is -2.05. The molecule has 0 aliphatic carbocycles. The molecule has 1 aromatic carbocycles. The summed E-state index contributed by atoms with van der Waals surface area (Å²) < 4.78 is 39.9. The molecular weight excluding hydrogens is 281 g/mol. The number of nitrogens with zero attached hydrogens (tertiary/aromatic N) is 3. The highest BCUT2D eigenvalue weighted by Crippen LogP contribution is 2.29. The van der Waals surface area contributed by atoms with Crippen LogP contribution in [0.15, 0.2) is 18.3 Å². The van der Waals surface area contributed by atoms with Gasteiger partial charge in [-0.25, -0.2) is 18.2 Å². The highest BCUT2D eigenvalue weighted by Gasteiger charge is 2.17. The number of halogens is 4. The van der Waals surface area contributed by atoms with Crippen molar-refractivity contribution in [1.29, 1.82) is 0 Å². The average molecular weight is 285 g/mol. The van der Waals surface area contributed by atoms with Crippen LogP contribution in [-0.4, -0.2) is 20.2 Å². The molecule has 0 spiro atoms. The minimum atomic E-state index is -1.27. The van der Waals surface area contributed by atoms with E-state index in [-0.39, 0.29) is 22.2 Å². The first-order valence-electron chi connectivity index (χ1n) is 5.08. The summed E-state index contributed by atoms with van der Waals surface area (Å²) in [5, 5.41) is 6.46. The van der Waals surface area contributed by atoms with Gasteiger partial charge in [0.1, 0.15) is 5.82 Å². The van der Waals surface area contributed by atoms with E-state index in [1.165, 1.54) is 6.20 Å². The second-order valence-corrected chi connectivity index (χ2v) is 4.06. The van der Waals surface area contributed by atoms with Crippen LogP contribution in [0, 0.1) is 17.5 Å². The first-order valence-corrected chi connectivity index (χ1v) is 5.45. The topological polar surface area (TPSA) is 54.5 Å². The summed E-state index contributed by atoms with van der Waals surface area (Å²) in [6.45, 7) is 0. The molecule has 4 nitrogen and oxygen atoms in total. The van der Waals surface area contributed by atoms with Crippen LogP contribution < -0.4 is 0 Å². The third-order valence-corrected chi connectivity index (χ3v) is 2.72. The third kappa shape index (κ3) is 1.91. The first kappa shape index (κ1) is 11.9. The van der Waals surface area contributed by atoms with E-state index < -0.39 is 17.5 Å². The van der Waals surface area contributed by atoms with Gasteiger partial charge in [-0.2, -0.15) is 10.1 Å². The monoisotopic (exact) mass is 284 g/mol. The summed E-state index contributed by atoms with van der Waals surface area (Å²) in [5.41, 5.74) is 0.105. The lowest BCUT2D eigenvalue weighted by Crippen LogP contribution is -1.95. The Kier molecular flexibility index (Phi) is 2.63. The molecule has 0 saturated heterocycles. The SMILES string of the molecule is Fc1cc(F)c(-c2nc(Cl)nc3[nH]ncc23)cc1F. The van der Waals surface area contributed by atoms with Gasteiger partial charge >= 0.3 is 0 Å². The van der Waals surface area contributed by atoms with Gasteiger partial charge in [-0.3, -0.25) is 5.10 Å². The highest BCUT2D eigenvalue weighted by atomic mass is 35.5. The number of nitrogens with one attached hydrogen (secondary N) is 1. The second-order valence-electron chi connectivity index (χ2n) is 3.72. The van der Waals surface area contributed by atoms with E-state index in [2.05, 4.69) is 20.2 Å². The number of aromatic amines is 1. The first-order chi connectivity index (χ1) is 9.06. The Hall–Kier alpha value is -2.15. The minimum Gasteiger partial charge on any atom is -0.261 e. The Bertz CT molecular complexity index is 787. The van der Waals surface area contributed by atoms with Crippen LogP contribution >= 0.6 is 11.6 Å². The molecule has 0 unspecified atom stereocenters. The van der Waals surface area contributed by atoms with E-state index in [1.54, 1.807) is 0 Å². The highest BCUT2D eigenvalue weighted by molar-refractivity contribution is 6.28. The van der Waals surface area contributed by atoms with Crippen LogP contribution in [0.3, 0.4) is 0 Å². The van der Waals surface area contributed by atoms with Crippen molar-refractivity contribution in [3.63, 3.8) is 0 Å². The zero-order valence-electron chi connectivity index (χ0n) is 9.09. The van der Waals surface area contributed by atoms with E-state index in [1.807, 2.05) is 0 Å². The lowest BCUT2D eigenvalue weighted by atomic mass is 10.1. The van der Waals surface area contributed by atoms with Crippen LogP contribution in [0.25, 0.3) is 22.3 Å². The average Bonchev–Trinajstić information content (AvgIpc) is 2.80. The van der Waals surface area contributed by atoms with Gasteiger partial charge in [-0.15, -0.1) is 0 Å². The van der Waals surface area contributed by atoms with Crippen molar-refractivity contribution in [1.82, 2.24) is 20.2 Å². The van der Waals surface area contributed by atoms with Gasteiger partial charge in [-0.05, 0) is 17.7 Å². The smallest absolute Gasteiger partial charge is 0.224 e. The maximum atomic E-state index is 13.7. The molecule has 0 radical (unpaired) electrons. The number of aromatic nitrogens is 4. The summed E-state index contributed by atoms with van der Waals surface area (Å²) in [5.74, 6) is -3.40. The van der Waals surface area contributed by atoms with Crippen LogP contribution in [0.4, 0.5) is 13.2 Å². The molecule has 0 aliphatic heterocycles. The molecule has 0 saturated carbocycles. The van der Waals surface area contributed by atoms with Gasteiger partial charge in [0.15, 0.2) is 17.3 Å². The van der Waals surface area contributed by atoms with Gasteiger partial charge in [-0.1, -0.05) is 0 Å². The number of benzene rings is 1. The molecule has 0 aliphatic rings. The maximum Gasteiger partial charge on any atom is 0.224 e. The van der Waals surface area contributed by atoms with E-state index in [0.717, 1.165) is 6.07 Å². The number of H-pyrrole nitrogens is 1. The summed E-state index contributed by atoms with van der Waals surface area (Å²) >= 11 is 5.69. The minimum absolute atomic E-state index is 0.0418. The lowest BCUT2D eigenvalue weighted by molar-refractivity contribution is 0.496. The van der Waals surface area contributed by atoms with Crippen molar-refractivity contribution in [3.8, 4) is 11.3 Å². The number of fused-ring (bicyclic) bond motifs is 1. The van der Waals surface area contributed by atoms with Crippen molar-refractivity contribution in [2.75, 3.05) is 0 Å². The van der Waals surface area contributed by atoms with Crippen LogP contribution in [0.2, 0.25) is 5.28 Å². The largest absolute Gasteiger partial charge is 0.261 e. The van der Waals surface area contributed by atoms with Crippen molar-refractivity contribution < 1.29 is 13.2 Å². The molecule has 0 amide bonds. The Balaban J connectivity index is 2.35. The standard InChI is InChI=1S/C11H4ClF3N4/c12-11-17-9(5-3-16-19-10(5)18-11)4-1-7(14)8(15)2-6(4)13/h1-3H,(H,16,17,18,19). The molecule has 3 aromatic rings. The third-order valence-electron chi connectivity index (χ3n) is 2.55. The summed E-state index contributed by atoms with van der Waals surface area (Å²) in [4.78, 5) is 7.68. The molecule has 3 rings (SSSR count). The van der Waals surface area contributed by atoms with Gasteiger partial charge in [0.25, 0.3) is 0 Å². The van der Waals surface area contributed by atoms with Crippen LogP contribution in [0.5, 0.6) is 0 Å². The summed E-state index contributed by atoms with van der Waals surface area (Å²) in [6.07, 6.45) is 1.35. The van der Waals surface area contributed by atoms with Crippen LogP contribution in [0.1, 0.15) is 0 Å². The van der Waals surface area contributed by atoms with Gasteiger partial charge < -0.3 is 0 Å². The van der Waals surface area contributed by atoms with Crippen molar-refractivity contribution in [2.24, 2.45) is 0 Å². The van der Waals surface area contributed by atoms with E-state index in [9.17, 15) is 13.2 Å². The van der Waals surface area contributed by atoms with Gasteiger partial charge in [0, 0.05) is 11.6 Å². The fourth-order valence-electron chi connectivity index (χ4n) is 1.72. The zero-order chi connectivity index (χ0) is 13.6. The number of hydrogen-bond donors (Lipinski definition) is 1. The van der Waals surface area contributed by atoms with E-state index >= 15 is 0 Å². The molecule has 19 heavy (non-hydrogen) atoms. The summed E-state index contributed by atoms with van der Waals surface area (Å²) in [7, 11) is 0. The van der Waals surface area contributed by atoms with Gasteiger partial charge in [0.05, 0.1) is 17.3 Å². The van der Waals surface area contributed by atoms with Crippen molar-refractivity contribution >= 4 is 22.6 Å². The zero-order valence-corrected chi connectivity index (χ0v) is 9.84. The Morgan fingerprint density at radius 3 is 2.53 bits per heavy atom. The Morgan fingerprint density at radius 2 is 1.74 bits per heavy atom. The predicted octanol–water partition coefficient (Wildman–Crippen LogP) is 3.09. The predicted molar refractivity (Wildman–Crippen MR) is 62.0 cm³/mol. The molecule has 0 fully saturated rings. The number of hydrogen-bond acceptors (Lipinski definition) is 3. The fourth-order valence-corrected chi connectivity index (χ4v) is 1.89. The molecule has 2 heterocycles. The van der Waals surface area contributed by atoms with Crippen molar-refractivity contribution in [3.05, 3.63) is 41.1 Å². The maximum absolute atomic E-state index is 13.7. The summed E-state index contributed by atoms with van der Waals surface area (Å²) in [6, 6.07) is 1.17. The molecule has 2 aromatic heterocycles. The van der Waals surface area contributed by atoms with Gasteiger partial charge in [0.2, 0.25) is 5.28 Å². The molecule has 96 valence electrons. The molecule has 8 heteroatoms. The van der Waals surface area contributed by atoms with E-state index in [0.29, 0.717) is 11.5 Å². The Morgan fingerprint density at radius 1 is 1.00 bits per heavy atom. The quantitative estimate of drug-likeness (QED) is 0.552. The molecule has 1 N–H and O–H groups in total. The van der Waals surface area contributed by atoms with Crippen molar-refractivity contribution in [2.45, 2.75) is 0 Å². The van der Waals surface area contributed by atoms with E-state index in [4.69, 9.17) is 11.6 Å². The second kappa shape index (κ2) is 4.20. The molecular formula is C11H4ClF3N4. The molecule has 0 bridgehead atoms.